The number of aromatic amines is 1. The molecule has 0 saturated heterocycles. The zero-order valence-corrected chi connectivity index (χ0v) is 13.1. The lowest BCUT2D eigenvalue weighted by atomic mass is 10.1. The molecule has 0 aliphatic heterocycles. The van der Waals surface area contributed by atoms with E-state index in [1.54, 1.807) is 18.5 Å². The third-order valence-electron chi connectivity index (χ3n) is 3.37. The zero-order chi connectivity index (χ0) is 16.2. The molecule has 118 valence electrons. The van der Waals surface area contributed by atoms with E-state index in [0.29, 0.717) is 18.0 Å². The third-order valence-corrected chi connectivity index (χ3v) is 3.54. The van der Waals surface area contributed by atoms with Crippen LogP contribution in [-0.4, -0.2) is 26.2 Å². The summed E-state index contributed by atoms with van der Waals surface area (Å²) in [5.74, 6) is 0.923. The van der Waals surface area contributed by atoms with Crippen LogP contribution in [0.15, 0.2) is 35.1 Å². The van der Waals surface area contributed by atoms with Crippen molar-refractivity contribution in [3.63, 3.8) is 0 Å². The number of rotatable bonds is 5. The number of H-pyrrole nitrogens is 1. The first kappa shape index (κ1) is 15.2. The minimum Gasteiger partial charge on any atom is -0.360 e. The van der Waals surface area contributed by atoms with Crippen molar-refractivity contribution in [2.75, 3.05) is 5.32 Å². The molecule has 3 rings (SSSR count). The molecular formula is C15H14ClN5O2. The molecule has 23 heavy (non-hydrogen) atoms. The molecule has 0 fully saturated rings. The highest BCUT2D eigenvalue weighted by Gasteiger charge is 2.14. The number of aryl methyl sites for hydroxylation is 1. The van der Waals surface area contributed by atoms with Gasteiger partial charge in [0.15, 0.2) is 11.0 Å². The van der Waals surface area contributed by atoms with Gasteiger partial charge in [0, 0.05) is 42.4 Å². The second-order valence-electron chi connectivity index (χ2n) is 4.97. The van der Waals surface area contributed by atoms with Gasteiger partial charge in [0.05, 0.1) is 5.69 Å². The molecule has 0 aliphatic carbocycles. The molecule has 0 radical (unpaired) electrons. The molecule has 0 bridgehead atoms. The number of aromatic nitrogens is 4. The Morgan fingerprint density at radius 3 is 2.87 bits per heavy atom. The topological polar surface area (TPSA) is 96.7 Å². The number of nitrogens with one attached hydrogen (secondary N) is 2. The van der Waals surface area contributed by atoms with Gasteiger partial charge in [0.1, 0.15) is 5.76 Å². The van der Waals surface area contributed by atoms with Crippen molar-refractivity contribution in [1.29, 1.82) is 0 Å². The normalized spacial score (nSPS) is 10.7. The fourth-order valence-corrected chi connectivity index (χ4v) is 2.31. The Bertz CT molecular complexity index is 812. The number of halogens is 1. The van der Waals surface area contributed by atoms with Crippen LogP contribution >= 0.6 is 11.6 Å². The van der Waals surface area contributed by atoms with E-state index in [4.69, 9.17) is 16.1 Å². The molecule has 3 aromatic rings. The summed E-state index contributed by atoms with van der Waals surface area (Å²) in [5.41, 5.74) is 2.68. The van der Waals surface area contributed by atoms with Crippen molar-refractivity contribution in [1.82, 2.24) is 20.3 Å². The van der Waals surface area contributed by atoms with Gasteiger partial charge in [0.25, 0.3) is 0 Å². The van der Waals surface area contributed by atoms with Crippen molar-refractivity contribution >= 4 is 23.3 Å². The van der Waals surface area contributed by atoms with Gasteiger partial charge in [-0.25, -0.2) is 0 Å². The smallest absolute Gasteiger partial charge is 0.226 e. The maximum atomic E-state index is 12.0. The summed E-state index contributed by atoms with van der Waals surface area (Å²) < 4.78 is 4.96. The van der Waals surface area contributed by atoms with Crippen LogP contribution in [0.5, 0.6) is 0 Å². The monoisotopic (exact) mass is 331 g/mol. The lowest BCUT2D eigenvalue weighted by Gasteiger charge is -2.03. The van der Waals surface area contributed by atoms with Crippen LogP contribution in [-0.2, 0) is 11.2 Å². The van der Waals surface area contributed by atoms with E-state index < -0.39 is 0 Å². The second-order valence-corrected chi connectivity index (χ2v) is 5.36. The standard InChI is InChI=1S/C15H14ClN5O2/c1-9-14(10-4-6-17-7-5-10)19-20-15(9)18-13(22)3-2-11-8-12(16)21-23-11/h4-8H,2-3H2,1H3,(H2,18,19,20,22). The highest BCUT2D eigenvalue weighted by Crippen LogP contribution is 2.25. The Kier molecular flexibility index (Phi) is 4.38. The molecule has 3 heterocycles. The molecule has 0 spiro atoms. The van der Waals surface area contributed by atoms with Crippen LogP contribution in [0.3, 0.4) is 0 Å². The average molecular weight is 332 g/mol. The van der Waals surface area contributed by atoms with Crippen LogP contribution in [0.4, 0.5) is 5.82 Å². The van der Waals surface area contributed by atoms with Gasteiger partial charge in [-0.2, -0.15) is 5.10 Å². The molecular weight excluding hydrogens is 318 g/mol. The van der Waals surface area contributed by atoms with Gasteiger partial charge >= 0.3 is 0 Å². The summed E-state index contributed by atoms with van der Waals surface area (Å²) >= 11 is 5.66. The Morgan fingerprint density at radius 1 is 1.39 bits per heavy atom. The molecule has 2 N–H and O–H groups in total. The average Bonchev–Trinajstić information content (AvgIpc) is 3.13. The van der Waals surface area contributed by atoms with E-state index in [1.165, 1.54) is 0 Å². The lowest BCUT2D eigenvalue weighted by Crippen LogP contribution is -2.13. The molecule has 0 unspecified atom stereocenters. The van der Waals surface area contributed by atoms with E-state index >= 15 is 0 Å². The first-order valence-electron chi connectivity index (χ1n) is 7.00. The fraction of sp³-hybridized carbons (Fsp3) is 0.200. The van der Waals surface area contributed by atoms with E-state index in [0.717, 1.165) is 16.8 Å². The number of hydrogen-bond donors (Lipinski definition) is 2. The number of anilines is 1. The molecule has 3 aromatic heterocycles. The minimum atomic E-state index is -0.159. The number of nitrogens with zero attached hydrogens (tertiary/aromatic N) is 3. The Labute approximate surface area is 137 Å². The predicted molar refractivity (Wildman–Crippen MR) is 85.0 cm³/mol. The number of carbonyl (C=O) groups excluding carboxylic acids is 1. The summed E-state index contributed by atoms with van der Waals surface area (Å²) in [6, 6.07) is 5.34. The molecule has 0 aliphatic rings. The van der Waals surface area contributed by atoms with Crippen LogP contribution in [0.2, 0.25) is 5.15 Å². The maximum Gasteiger partial charge on any atom is 0.226 e. The summed E-state index contributed by atoms with van der Waals surface area (Å²) in [7, 11) is 0. The Hall–Kier alpha value is -2.67. The van der Waals surface area contributed by atoms with Crippen molar-refractivity contribution in [3.8, 4) is 11.3 Å². The van der Waals surface area contributed by atoms with Crippen molar-refractivity contribution in [3.05, 3.63) is 47.1 Å². The zero-order valence-electron chi connectivity index (χ0n) is 12.3. The van der Waals surface area contributed by atoms with E-state index in [2.05, 4.69) is 25.7 Å². The van der Waals surface area contributed by atoms with Gasteiger partial charge < -0.3 is 9.84 Å². The molecule has 0 aromatic carbocycles. The Morgan fingerprint density at radius 2 is 2.17 bits per heavy atom. The van der Waals surface area contributed by atoms with Crippen LogP contribution in [0, 0.1) is 6.92 Å². The van der Waals surface area contributed by atoms with Gasteiger partial charge in [-0.3, -0.25) is 14.9 Å². The number of carbonyl (C=O) groups is 1. The fourth-order valence-electron chi connectivity index (χ4n) is 2.16. The molecule has 0 saturated carbocycles. The molecule has 7 nitrogen and oxygen atoms in total. The first-order chi connectivity index (χ1) is 11.1. The quantitative estimate of drug-likeness (QED) is 0.749. The van der Waals surface area contributed by atoms with Gasteiger partial charge in [-0.15, -0.1) is 0 Å². The second kappa shape index (κ2) is 6.62. The first-order valence-corrected chi connectivity index (χ1v) is 7.37. The molecule has 0 atom stereocenters. The highest BCUT2D eigenvalue weighted by atomic mass is 35.5. The van der Waals surface area contributed by atoms with Crippen molar-refractivity contribution in [2.45, 2.75) is 19.8 Å². The predicted octanol–water partition coefficient (Wildman–Crippen LogP) is 2.99. The van der Waals surface area contributed by atoms with Crippen LogP contribution in [0.1, 0.15) is 17.7 Å². The van der Waals surface area contributed by atoms with E-state index in [9.17, 15) is 4.79 Å². The minimum absolute atomic E-state index is 0.159. The van der Waals surface area contributed by atoms with Gasteiger partial charge in [-0.05, 0) is 19.1 Å². The van der Waals surface area contributed by atoms with Crippen molar-refractivity contribution in [2.24, 2.45) is 0 Å². The summed E-state index contributed by atoms with van der Waals surface area (Å²) in [6.07, 6.45) is 4.08. The largest absolute Gasteiger partial charge is 0.360 e. The van der Waals surface area contributed by atoms with Crippen molar-refractivity contribution < 1.29 is 9.32 Å². The SMILES string of the molecule is Cc1c(NC(=O)CCc2cc(Cl)no2)n[nH]c1-c1ccncc1. The summed E-state index contributed by atoms with van der Waals surface area (Å²) in [5, 5.41) is 13.7. The van der Waals surface area contributed by atoms with Gasteiger partial charge in [0.2, 0.25) is 5.91 Å². The summed E-state index contributed by atoms with van der Waals surface area (Å²) in [4.78, 5) is 16.0. The lowest BCUT2D eigenvalue weighted by molar-refractivity contribution is -0.116. The molecule has 8 heteroatoms. The number of hydrogen-bond acceptors (Lipinski definition) is 5. The maximum absolute atomic E-state index is 12.0. The van der Waals surface area contributed by atoms with Crippen LogP contribution < -0.4 is 5.32 Å². The van der Waals surface area contributed by atoms with E-state index in [1.807, 2.05) is 19.1 Å². The molecule has 1 amide bonds. The Balaban J connectivity index is 1.64. The highest BCUT2D eigenvalue weighted by molar-refractivity contribution is 6.29. The third kappa shape index (κ3) is 3.57. The summed E-state index contributed by atoms with van der Waals surface area (Å²) in [6.45, 7) is 1.89. The number of amides is 1. The number of pyridine rings is 1. The van der Waals surface area contributed by atoms with Crippen LogP contribution in [0.25, 0.3) is 11.3 Å². The van der Waals surface area contributed by atoms with Gasteiger partial charge in [-0.1, -0.05) is 16.8 Å². The van der Waals surface area contributed by atoms with E-state index in [-0.39, 0.29) is 17.5 Å².